The summed E-state index contributed by atoms with van der Waals surface area (Å²) in [6.45, 7) is 7.22. The quantitative estimate of drug-likeness (QED) is 0.658. The molecule has 0 saturated carbocycles. The van der Waals surface area contributed by atoms with E-state index in [9.17, 15) is 9.59 Å². The monoisotopic (exact) mass is 390 g/mol. The van der Waals surface area contributed by atoms with Gasteiger partial charge in [0.15, 0.2) is 11.7 Å². The van der Waals surface area contributed by atoms with Gasteiger partial charge < -0.3 is 23.8 Å². The lowest BCUT2D eigenvalue weighted by molar-refractivity contribution is -0.130. The lowest BCUT2D eigenvalue weighted by Gasteiger charge is -2.20. The van der Waals surface area contributed by atoms with Crippen LogP contribution >= 0.6 is 0 Å². The maximum Gasteiger partial charge on any atom is 0.355 e. The highest BCUT2D eigenvalue weighted by molar-refractivity contribution is 5.95. The second-order valence-electron chi connectivity index (χ2n) is 7.58. The Kier molecular flexibility index (Phi) is 6.78. The molecule has 1 aliphatic heterocycles. The fourth-order valence-corrected chi connectivity index (χ4v) is 3.61. The number of esters is 1. The zero-order valence-corrected chi connectivity index (χ0v) is 16.9. The highest BCUT2D eigenvalue weighted by Crippen LogP contribution is 2.26. The Hall–Kier alpha value is -2.28. The number of ether oxygens (including phenoxy) is 2. The van der Waals surface area contributed by atoms with Gasteiger partial charge in [-0.15, -0.1) is 0 Å². The van der Waals surface area contributed by atoms with Crippen LogP contribution in [0.15, 0.2) is 22.8 Å². The van der Waals surface area contributed by atoms with E-state index in [1.165, 1.54) is 0 Å². The van der Waals surface area contributed by atoms with Crippen LogP contribution in [0, 0.1) is 0 Å². The van der Waals surface area contributed by atoms with Crippen molar-refractivity contribution in [2.45, 2.75) is 71.1 Å². The number of aromatic nitrogens is 1. The standard InChI is InChI=1S/C21H30N2O5/c1-4-5-8-18(20(24)22-13-15-7-6-10-26-15)28-21(25)17-12-19-16(9-11-27-19)23(17)14(2)3/h9,11-12,14-15,18H,4-8,10,13H2,1-3H3,(H,22,24)/t15-,18+/m0/s1. The Balaban J connectivity index is 1.70. The van der Waals surface area contributed by atoms with Gasteiger partial charge in [0, 0.05) is 31.3 Å². The molecule has 154 valence electrons. The first-order chi connectivity index (χ1) is 13.5. The van der Waals surface area contributed by atoms with Gasteiger partial charge in [0.25, 0.3) is 5.91 Å². The zero-order valence-electron chi connectivity index (χ0n) is 16.9. The van der Waals surface area contributed by atoms with Gasteiger partial charge >= 0.3 is 5.97 Å². The molecule has 3 rings (SSSR count). The molecule has 1 saturated heterocycles. The van der Waals surface area contributed by atoms with Gasteiger partial charge in [0.2, 0.25) is 0 Å². The molecule has 2 aromatic rings. The van der Waals surface area contributed by atoms with Gasteiger partial charge in [0.1, 0.15) is 5.69 Å². The van der Waals surface area contributed by atoms with E-state index in [4.69, 9.17) is 13.9 Å². The summed E-state index contributed by atoms with van der Waals surface area (Å²) in [5.74, 6) is -0.767. The molecular formula is C21H30N2O5. The first kappa shape index (κ1) is 20.5. The molecule has 0 spiro atoms. The van der Waals surface area contributed by atoms with E-state index in [0.717, 1.165) is 37.8 Å². The van der Waals surface area contributed by atoms with Crippen LogP contribution in [0.4, 0.5) is 0 Å². The highest BCUT2D eigenvalue weighted by Gasteiger charge is 2.27. The van der Waals surface area contributed by atoms with Gasteiger partial charge in [-0.05, 0) is 39.5 Å². The molecule has 3 heterocycles. The van der Waals surface area contributed by atoms with Crippen LogP contribution in [0.3, 0.4) is 0 Å². The number of hydrogen-bond acceptors (Lipinski definition) is 5. The second-order valence-corrected chi connectivity index (χ2v) is 7.58. The lowest BCUT2D eigenvalue weighted by Crippen LogP contribution is -2.41. The van der Waals surface area contributed by atoms with Crippen LogP contribution in [0.2, 0.25) is 0 Å². The summed E-state index contributed by atoms with van der Waals surface area (Å²) in [5, 5.41) is 2.88. The minimum atomic E-state index is -0.810. The molecule has 2 atom stereocenters. The van der Waals surface area contributed by atoms with Gasteiger partial charge in [0.05, 0.1) is 17.9 Å². The first-order valence-electron chi connectivity index (χ1n) is 10.2. The van der Waals surface area contributed by atoms with Gasteiger partial charge in [-0.25, -0.2) is 4.79 Å². The molecule has 0 aromatic carbocycles. The van der Waals surface area contributed by atoms with Crippen LogP contribution in [-0.4, -0.2) is 41.8 Å². The Morgan fingerprint density at radius 2 is 2.21 bits per heavy atom. The highest BCUT2D eigenvalue weighted by atomic mass is 16.5. The minimum absolute atomic E-state index is 0.0524. The molecule has 7 heteroatoms. The van der Waals surface area contributed by atoms with Crippen molar-refractivity contribution in [1.29, 1.82) is 0 Å². The van der Waals surface area contributed by atoms with E-state index in [2.05, 4.69) is 5.32 Å². The summed E-state index contributed by atoms with van der Waals surface area (Å²) in [7, 11) is 0. The Labute approximate surface area is 165 Å². The fourth-order valence-electron chi connectivity index (χ4n) is 3.61. The molecular weight excluding hydrogens is 360 g/mol. The molecule has 7 nitrogen and oxygen atoms in total. The third kappa shape index (κ3) is 4.58. The molecule has 0 radical (unpaired) electrons. The summed E-state index contributed by atoms with van der Waals surface area (Å²) < 4.78 is 18.5. The Morgan fingerprint density at radius 3 is 2.89 bits per heavy atom. The molecule has 0 unspecified atom stereocenters. The van der Waals surface area contributed by atoms with Crippen LogP contribution in [-0.2, 0) is 14.3 Å². The van der Waals surface area contributed by atoms with Crippen molar-refractivity contribution >= 4 is 23.0 Å². The number of carbonyl (C=O) groups excluding carboxylic acids is 2. The van der Waals surface area contributed by atoms with Crippen molar-refractivity contribution in [3.8, 4) is 0 Å². The van der Waals surface area contributed by atoms with Crippen LogP contribution in [0.25, 0.3) is 11.1 Å². The molecule has 1 amide bonds. The van der Waals surface area contributed by atoms with E-state index in [-0.39, 0.29) is 18.1 Å². The molecule has 0 bridgehead atoms. The van der Waals surface area contributed by atoms with E-state index in [1.54, 1.807) is 12.3 Å². The topological polar surface area (TPSA) is 82.7 Å². The molecule has 1 aliphatic rings. The number of nitrogens with zero attached hydrogens (tertiary/aromatic N) is 1. The van der Waals surface area contributed by atoms with Crippen LogP contribution in [0.5, 0.6) is 0 Å². The Morgan fingerprint density at radius 1 is 1.39 bits per heavy atom. The number of nitrogens with one attached hydrogen (secondary N) is 1. The smallest absolute Gasteiger partial charge is 0.355 e. The number of fused-ring (bicyclic) bond motifs is 1. The largest absolute Gasteiger partial charge is 0.463 e. The third-order valence-corrected chi connectivity index (χ3v) is 5.08. The normalized spacial score (nSPS) is 17.9. The van der Waals surface area contributed by atoms with Crippen molar-refractivity contribution in [1.82, 2.24) is 9.88 Å². The van der Waals surface area contributed by atoms with Gasteiger partial charge in [-0.3, -0.25) is 4.79 Å². The van der Waals surface area contributed by atoms with E-state index >= 15 is 0 Å². The number of hydrogen-bond donors (Lipinski definition) is 1. The maximum absolute atomic E-state index is 12.9. The average molecular weight is 390 g/mol. The minimum Gasteiger partial charge on any atom is -0.463 e. The van der Waals surface area contributed by atoms with Gasteiger partial charge in [-0.2, -0.15) is 0 Å². The predicted molar refractivity (Wildman–Crippen MR) is 105 cm³/mol. The Bertz CT molecular complexity index is 801. The van der Waals surface area contributed by atoms with Crippen LogP contribution in [0.1, 0.15) is 69.4 Å². The fraction of sp³-hybridized carbons (Fsp3) is 0.619. The second kappa shape index (κ2) is 9.28. The molecule has 2 aromatic heterocycles. The van der Waals surface area contributed by atoms with Crippen molar-refractivity contribution in [3.63, 3.8) is 0 Å². The van der Waals surface area contributed by atoms with Crippen molar-refractivity contribution in [2.75, 3.05) is 13.2 Å². The van der Waals surface area contributed by atoms with Crippen molar-refractivity contribution < 1.29 is 23.5 Å². The molecule has 1 N–H and O–H groups in total. The SMILES string of the molecule is CCCC[C@@H](OC(=O)c1cc2occc2n1C(C)C)C(=O)NC[C@@H]1CCCO1. The molecule has 0 aliphatic carbocycles. The van der Waals surface area contributed by atoms with Crippen LogP contribution < -0.4 is 5.32 Å². The van der Waals surface area contributed by atoms with Gasteiger partial charge in [-0.1, -0.05) is 13.3 Å². The average Bonchev–Trinajstić information content (AvgIpc) is 3.39. The van der Waals surface area contributed by atoms with E-state index < -0.39 is 12.1 Å². The summed E-state index contributed by atoms with van der Waals surface area (Å²) in [4.78, 5) is 25.5. The van der Waals surface area contributed by atoms with E-state index in [0.29, 0.717) is 24.2 Å². The number of furan rings is 1. The number of carbonyl (C=O) groups is 2. The number of rotatable bonds is 9. The first-order valence-corrected chi connectivity index (χ1v) is 10.2. The molecule has 1 fully saturated rings. The summed E-state index contributed by atoms with van der Waals surface area (Å²) in [6.07, 6.45) is 5.02. The summed E-state index contributed by atoms with van der Waals surface area (Å²) in [5.41, 5.74) is 1.88. The summed E-state index contributed by atoms with van der Waals surface area (Å²) in [6, 6.07) is 3.56. The zero-order chi connectivity index (χ0) is 20.1. The molecule has 28 heavy (non-hydrogen) atoms. The van der Waals surface area contributed by atoms with Crippen molar-refractivity contribution in [2.24, 2.45) is 0 Å². The third-order valence-electron chi connectivity index (χ3n) is 5.08. The maximum atomic E-state index is 12.9. The number of unbranched alkanes of at least 4 members (excludes halogenated alkanes) is 1. The lowest BCUT2D eigenvalue weighted by atomic mass is 10.1. The summed E-state index contributed by atoms with van der Waals surface area (Å²) >= 11 is 0. The predicted octanol–water partition coefficient (Wildman–Crippen LogP) is 3.83. The number of amides is 1. The van der Waals surface area contributed by atoms with E-state index in [1.807, 2.05) is 31.4 Å². The van der Waals surface area contributed by atoms with Crippen molar-refractivity contribution in [3.05, 3.63) is 24.1 Å².